The van der Waals surface area contributed by atoms with E-state index in [1.807, 2.05) is 42.1 Å². The van der Waals surface area contributed by atoms with E-state index in [9.17, 15) is 4.79 Å². The van der Waals surface area contributed by atoms with Gasteiger partial charge in [0.1, 0.15) is 0 Å². The van der Waals surface area contributed by atoms with Crippen LogP contribution >= 0.6 is 35.1 Å². The van der Waals surface area contributed by atoms with Crippen LogP contribution in [0.2, 0.25) is 5.02 Å². The van der Waals surface area contributed by atoms with Gasteiger partial charge in [0.05, 0.1) is 0 Å². The van der Waals surface area contributed by atoms with Crippen LogP contribution in [0.1, 0.15) is 20.8 Å². The van der Waals surface area contributed by atoms with E-state index < -0.39 is 0 Å². The molecule has 0 unspecified atom stereocenters. The van der Waals surface area contributed by atoms with Crippen LogP contribution in [0.15, 0.2) is 64.4 Å². The Balaban J connectivity index is 0.000000251. The van der Waals surface area contributed by atoms with Gasteiger partial charge in [0.15, 0.2) is 0 Å². The number of halogens is 1. The highest BCUT2D eigenvalue weighted by Crippen LogP contribution is 2.32. The molecule has 0 heterocycles. The zero-order valence-corrected chi connectivity index (χ0v) is 17.6. The van der Waals surface area contributed by atoms with Crippen molar-refractivity contribution in [3.8, 4) is 0 Å². The fourth-order valence-electron chi connectivity index (χ4n) is 1.73. The van der Waals surface area contributed by atoms with Gasteiger partial charge in [-0.25, -0.2) is 0 Å². The van der Waals surface area contributed by atoms with Crippen LogP contribution < -0.4 is 0 Å². The van der Waals surface area contributed by atoms with E-state index >= 15 is 0 Å². The predicted octanol–water partition coefficient (Wildman–Crippen LogP) is 6.10. The number of hydrogen-bond donors (Lipinski definition) is 0. The zero-order valence-electron chi connectivity index (χ0n) is 15.2. The molecule has 2 aromatic carbocycles. The average molecular weight is 396 g/mol. The second kappa shape index (κ2) is 11.5. The second-order valence-electron chi connectivity index (χ2n) is 6.42. The molecule has 0 aliphatic rings. The molecule has 0 aromatic heterocycles. The van der Waals surface area contributed by atoms with Crippen molar-refractivity contribution in [3.63, 3.8) is 0 Å². The molecule has 0 atom stereocenters. The van der Waals surface area contributed by atoms with Crippen LogP contribution in [0.25, 0.3) is 0 Å². The van der Waals surface area contributed by atoms with Gasteiger partial charge < -0.3 is 4.90 Å². The first-order valence-electron chi connectivity index (χ1n) is 8.08. The Hall–Kier alpha value is -1.10. The lowest BCUT2D eigenvalue weighted by Gasteiger charge is -2.17. The van der Waals surface area contributed by atoms with Crippen molar-refractivity contribution in [2.75, 3.05) is 19.3 Å². The van der Waals surface area contributed by atoms with E-state index in [0.29, 0.717) is 0 Å². The highest BCUT2D eigenvalue weighted by Gasteiger charge is 2.11. The van der Waals surface area contributed by atoms with Gasteiger partial charge in [0.25, 0.3) is 0 Å². The first-order chi connectivity index (χ1) is 11.8. The summed E-state index contributed by atoms with van der Waals surface area (Å²) < 4.78 is 0.272. The summed E-state index contributed by atoms with van der Waals surface area (Å²) in [5.41, 5.74) is 0. The third-order valence-electron chi connectivity index (χ3n) is 2.87. The minimum absolute atomic E-state index is 0.272. The third-order valence-corrected chi connectivity index (χ3v) is 5.24. The molecule has 0 aliphatic heterocycles. The van der Waals surface area contributed by atoms with E-state index in [1.165, 1.54) is 9.79 Å². The Labute approximate surface area is 165 Å². The third kappa shape index (κ3) is 11.2. The minimum Gasteiger partial charge on any atom is -0.347 e. The molecule has 25 heavy (non-hydrogen) atoms. The van der Waals surface area contributed by atoms with E-state index in [4.69, 9.17) is 11.6 Å². The van der Waals surface area contributed by atoms with E-state index in [-0.39, 0.29) is 4.75 Å². The Kier molecular flexibility index (Phi) is 10.1. The van der Waals surface area contributed by atoms with Crippen LogP contribution in [0.4, 0.5) is 0 Å². The van der Waals surface area contributed by atoms with E-state index in [0.717, 1.165) is 23.7 Å². The molecule has 5 heteroatoms. The van der Waals surface area contributed by atoms with Crippen molar-refractivity contribution in [1.29, 1.82) is 0 Å². The van der Waals surface area contributed by atoms with Gasteiger partial charge in [-0.3, -0.25) is 4.79 Å². The van der Waals surface area contributed by atoms with Crippen molar-refractivity contribution < 1.29 is 4.79 Å². The minimum atomic E-state index is 0.272. The topological polar surface area (TPSA) is 20.3 Å². The molecule has 0 saturated heterocycles. The predicted molar refractivity (Wildman–Crippen MR) is 113 cm³/mol. The summed E-state index contributed by atoms with van der Waals surface area (Å²) in [6, 6.07) is 18.2. The van der Waals surface area contributed by atoms with Gasteiger partial charge in [0, 0.05) is 38.9 Å². The SMILES string of the molecule is CC(C)(C)Sc1ccc(Cl)cc1.CN(C=O)CCSc1ccccc1. The van der Waals surface area contributed by atoms with Crippen molar-refractivity contribution >= 4 is 41.5 Å². The van der Waals surface area contributed by atoms with Crippen LogP contribution in [-0.4, -0.2) is 35.4 Å². The van der Waals surface area contributed by atoms with Crippen LogP contribution in [0.3, 0.4) is 0 Å². The lowest BCUT2D eigenvalue weighted by atomic mass is 10.3. The van der Waals surface area contributed by atoms with Gasteiger partial charge in [-0.1, -0.05) is 50.6 Å². The lowest BCUT2D eigenvalue weighted by Crippen LogP contribution is -2.18. The van der Waals surface area contributed by atoms with Gasteiger partial charge in [-0.05, 0) is 36.4 Å². The summed E-state index contributed by atoms with van der Waals surface area (Å²) in [7, 11) is 1.79. The molecule has 0 N–H and O–H groups in total. The summed E-state index contributed by atoms with van der Waals surface area (Å²) in [5, 5.41) is 0.799. The van der Waals surface area contributed by atoms with Crippen LogP contribution in [0, 0.1) is 0 Å². The number of rotatable bonds is 6. The maximum atomic E-state index is 10.3. The first-order valence-corrected chi connectivity index (χ1v) is 10.3. The number of benzene rings is 2. The number of thioether (sulfide) groups is 2. The molecule has 0 saturated carbocycles. The standard InChI is InChI=1S/C10H13ClS.C10H13NOS/c1-10(2,3)12-9-6-4-8(11)5-7-9;1-11(9-12)7-8-13-10-5-3-2-4-6-10/h4-7H,1-3H3;2-6,9H,7-8H2,1H3. The molecular formula is C20H26ClNOS2. The summed E-state index contributed by atoms with van der Waals surface area (Å²) in [5.74, 6) is 0.944. The first kappa shape index (κ1) is 21.9. The second-order valence-corrected chi connectivity index (χ2v) is 9.92. The molecule has 0 bridgehead atoms. The Bertz CT molecular complexity index is 612. The van der Waals surface area contributed by atoms with Crippen molar-refractivity contribution in [3.05, 3.63) is 59.6 Å². The summed E-state index contributed by atoms with van der Waals surface area (Å²) in [4.78, 5) is 14.4. The van der Waals surface area contributed by atoms with E-state index in [2.05, 4.69) is 45.0 Å². The van der Waals surface area contributed by atoms with Gasteiger partial charge >= 0.3 is 0 Å². The number of carbonyl (C=O) groups is 1. The number of nitrogens with zero attached hydrogens (tertiary/aromatic N) is 1. The molecule has 2 nitrogen and oxygen atoms in total. The lowest BCUT2D eigenvalue weighted by molar-refractivity contribution is -0.116. The summed E-state index contributed by atoms with van der Waals surface area (Å²) >= 11 is 9.39. The monoisotopic (exact) mass is 395 g/mol. The Morgan fingerprint density at radius 2 is 1.60 bits per heavy atom. The normalized spacial score (nSPS) is 10.6. The molecule has 2 rings (SSSR count). The summed E-state index contributed by atoms with van der Waals surface area (Å²) in [6.07, 6.45) is 0.853. The maximum Gasteiger partial charge on any atom is 0.209 e. The van der Waals surface area contributed by atoms with Crippen LogP contribution in [-0.2, 0) is 4.79 Å². The fraction of sp³-hybridized carbons (Fsp3) is 0.350. The summed E-state index contributed by atoms with van der Waals surface area (Å²) in [6.45, 7) is 7.40. The Morgan fingerprint density at radius 3 is 2.12 bits per heavy atom. The molecular weight excluding hydrogens is 370 g/mol. The largest absolute Gasteiger partial charge is 0.347 e. The molecule has 136 valence electrons. The van der Waals surface area contributed by atoms with Crippen molar-refractivity contribution in [2.45, 2.75) is 35.3 Å². The smallest absolute Gasteiger partial charge is 0.209 e. The maximum absolute atomic E-state index is 10.3. The highest BCUT2D eigenvalue weighted by molar-refractivity contribution is 8.00. The fourth-order valence-corrected chi connectivity index (χ4v) is 3.80. The van der Waals surface area contributed by atoms with E-state index in [1.54, 1.807) is 23.7 Å². The molecule has 0 radical (unpaired) electrons. The number of hydrogen-bond acceptors (Lipinski definition) is 3. The van der Waals surface area contributed by atoms with Gasteiger partial charge in [-0.2, -0.15) is 0 Å². The van der Waals surface area contributed by atoms with Gasteiger partial charge in [0.2, 0.25) is 6.41 Å². The molecule has 0 aliphatic carbocycles. The zero-order chi connectivity index (χ0) is 18.7. The number of amides is 1. The van der Waals surface area contributed by atoms with Crippen molar-refractivity contribution in [2.24, 2.45) is 0 Å². The average Bonchev–Trinajstić information content (AvgIpc) is 2.57. The highest BCUT2D eigenvalue weighted by atomic mass is 35.5. The molecule has 0 fully saturated rings. The molecule has 0 spiro atoms. The van der Waals surface area contributed by atoms with Crippen LogP contribution in [0.5, 0.6) is 0 Å². The molecule has 1 amide bonds. The quantitative estimate of drug-likeness (QED) is 0.435. The Morgan fingerprint density at radius 1 is 1.00 bits per heavy atom. The van der Waals surface area contributed by atoms with Crippen molar-refractivity contribution in [1.82, 2.24) is 4.90 Å². The number of carbonyl (C=O) groups excluding carboxylic acids is 1. The molecule has 2 aromatic rings. The van der Waals surface area contributed by atoms with Gasteiger partial charge in [-0.15, -0.1) is 23.5 Å².